The molecular formula is C20H23ClN4O2. The highest BCUT2D eigenvalue weighted by Gasteiger charge is 2.23. The molecule has 6 nitrogen and oxygen atoms in total. The lowest BCUT2D eigenvalue weighted by Crippen LogP contribution is -2.51. The Balaban J connectivity index is 1.46. The topological polar surface area (TPSA) is 78.7 Å². The zero-order valence-electron chi connectivity index (χ0n) is 15.0. The van der Waals surface area contributed by atoms with Crippen molar-refractivity contribution in [3.8, 4) is 0 Å². The third-order valence-corrected chi connectivity index (χ3v) is 4.90. The standard InChI is InChI=1S/C20H23ClN4O2/c21-16-7-4-8-17(13-16)24-9-11-25(12-10-24)18(26)14-23-20(27)19(22)15-5-2-1-3-6-15/h1-8,13,19H,9-12,14,22H2,(H,23,27). The number of anilines is 1. The van der Waals surface area contributed by atoms with Crippen LogP contribution in [0.1, 0.15) is 11.6 Å². The smallest absolute Gasteiger partial charge is 0.242 e. The Hall–Kier alpha value is -2.57. The van der Waals surface area contributed by atoms with Crippen molar-refractivity contribution in [3.05, 3.63) is 65.2 Å². The van der Waals surface area contributed by atoms with Gasteiger partial charge in [0, 0.05) is 36.9 Å². The first-order chi connectivity index (χ1) is 13.0. The van der Waals surface area contributed by atoms with Crippen LogP contribution in [0.3, 0.4) is 0 Å². The predicted octanol–water partition coefficient (Wildman–Crippen LogP) is 1.80. The fraction of sp³-hybridized carbons (Fsp3) is 0.300. The third-order valence-electron chi connectivity index (χ3n) is 4.66. The molecule has 1 aliphatic heterocycles. The molecule has 2 amide bonds. The number of halogens is 1. The lowest BCUT2D eigenvalue weighted by atomic mass is 10.1. The van der Waals surface area contributed by atoms with Crippen LogP contribution in [0.4, 0.5) is 5.69 Å². The summed E-state index contributed by atoms with van der Waals surface area (Å²) >= 11 is 6.04. The summed E-state index contributed by atoms with van der Waals surface area (Å²) in [6, 6.07) is 16.0. The molecule has 0 aromatic heterocycles. The van der Waals surface area contributed by atoms with E-state index in [1.165, 1.54) is 0 Å². The Morgan fingerprint density at radius 1 is 1.04 bits per heavy atom. The van der Waals surface area contributed by atoms with Crippen molar-refractivity contribution in [2.75, 3.05) is 37.6 Å². The highest BCUT2D eigenvalue weighted by atomic mass is 35.5. The summed E-state index contributed by atoms with van der Waals surface area (Å²) in [4.78, 5) is 28.5. The number of piperazine rings is 1. The van der Waals surface area contributed by atoms with Crippen molar-refractivity contribution in [2.24, 2.45) is 5.73 Å². The zero-order chi connectivity index (χ0) is 19.2. The maximum atomic E-state index is 12.4. The number of carbonyl (C=O) groups excluding carboxylic acids is 2. The predicted molar refractivity (Wildman–Crippen MR) is 107 cm³/mol. The zero-order valence-corrected chi connectivity index (χ0v) is 15.7. The highest BCUT2D eigenvalue weighted by Crippen LogP contribution is 2.20. The molecule has 0 saturated carbocycles. The molecular weight excluding hydrogens is 364 g/mol. The number of rotatable bonds is 5. The van der Waals surface area contributed by atoms with Crippen LogP contribution >= 0.6 is 11.6 Å². The first-order valence-corrected chi connectivity index (χ1v) is 9.29. The SMILES string of the molecule is NC(C(=O)NCC(=O)N1CCN(c2cccc(Cl)c2)CC1)c1ccccc1. The number of amides is 2. The van der Waals surface area contributed by atoms with Gasteiger partial charge in [-0.25, -0.2) is 0 Å². The lowest BCUT2D eigenvalue weighted by Gasteiger charge is -2.36. The Labute approximate surface area is 163 Å². The van der Waals surface area contributed by atoms with Crippen molar-refractivity contribution >= 4 is 29.1 Å². The van der Waals surface area contributed by atoms with E-state index in [1.807, 2.05) is 42.5 Å². The van der Waals surface area contributed by atoms with Crippen molar-refractivity contribution in [3.63, 3.8) is 0 Å². The Morgan fingerprint density at radius 3 is 2.41 bits per heavy atom. The van der Waals surface area contributed by atoms with Crippen LogP contribution in [0.25, 0.3) is 0 Å². The van der Waals surface area contributed by atoms with Gasteiger partial charge in [-0.1, -0.05) is 48.0 Å². The van der Waals surface area contributed by atoms with Crippen LogP contribution in [0.2, 0.25) is 5.02 Å². The van der Waals surface area contributed by atoms with E-state index in [4.69, 9.17) is 17.3 Å². The molecule has 0 aliphatic carbocycles. The van der Waals surface area contributed by atoms with Crippen LogP contribution in [-0.4, -0.2) is 49.4 Å². The summed E-state index contributed by atoms with van der Waals surface area (Å²) in [5, 5.41) is 3.34. The second kappa shape index (κ2) is 8.88. The summed E-state index contributed by atoms with van der Waals surface area (Å²) in [5.74, 6) is -0.457. The minimum absolute atomic E-state index is 0.0451. The van der Waals surface area contributed by atoms with Crippen LogP contribution in [0.5, 0.6) is 0 Å². The van der Waals surface area contributed by atoms with Gasteiger partial charge in [0.25, 0.3) is 0 Å². The van der Waals surface area contributed by atoms with Crippen LogP contribution < -0.4 is 16.0 Å². The molecule has 1 unspecified atom stereocenters. The van der Waals surface area contributed by atoms with Gasteiger partial charge in [-0.15, -0.1) is 0 Å². The molecule has 2 aromatic rings. The quantitative estimate of drug-likeness (QED) is 0.821. The van der Waals surface area contributed by atoms with Gasteiger partial charge in [-0.3, -0.25) is 9.59 Å². The lowest BCUT2D eigenvalue weighted by molar-refractivity contribution is -0.133. The van der Waals surface area contributed by atoms with E-state index >= 15 is 0 Å². The van der Waals surface area contributed by atoms with Crippen LogP contribution in [0, 0.1) is 0 Å². The van der Waals surface area contributed by atoms with Crippen LogP contribution in [0.15, 0.2) is 54.6 Å². The summed E-state index contributed by atoms with van der Waals surface area (Å²) in [7, 11) is 0. The molecule has 2 aromatic carbocycles. The third kappa shape index (κ3) is 4.99. The molecule has 27 heavy (non-hydrogen) atoms. The number of nitrogens with one attached hydrogen (secondary N) is 1. The molecule has 1 fully saturated rings. The Morgan fingerprint density at radius 2 is 1.74 bits per heavy atom. The molecule has 0 bridgehead atoms. The van der Waals surface area contributed by atoms with E-state index in [2.05, 4.69) is 10.2 Å². The molecule has 1 heterocycles. The Kier molecular flexibility index (Phi) is 6.32. The average molecular weight is 387 g/mol. The largest absolute Gasteiger partial charge is 0.368 e. The van der Waals surface area contributed by atoms with Gasteiger partial charge in [0.15, 0.2) is 0 Å². The van der Waals surface area contributed by atoms with Gasteiger partial charge in [-0.05, 0) is 23.8 Å². The molecule has 3 rings (SSSR count). The summed E-state index contributed by atoms with van der Waals surface area (Å²) in [5.41, 5.74) is 7.72. The van der Waals surface area contributed by atoms with E-state index in [-0.39, 0.29) is 18.4 Å². The minimum atomic E-state index is -0.779. The Bertz CT molecular complexity index is 792. The average Bonchev–Trinajstić information content (AvgIpc) is 2.72. The number of nitrogens with two attached hydrogens (primary N) is 1. The van der Waals surface area contributed by atoms with E-state index in [0.717, 1.165) is 24.3 Å². The molecule has 1 atom stereocenters. The van der Waals surface area contributed by atoms with E-state index < -0.39 is 6.04 Å². The van der Waals surface area contributed by atoms with E-state index in [1.54, 1.807) is 17.0 Å². The van der Waals surface area contributed by atoms with Gasteiger partial charge in [0.1, 0.15) is 6.04 Å². The number of carbonyl (C=O) groups is 2. The summed E-state index contributed by atoms with van der Waals surface area (Å²) in [6.45, 7) is 2.61. The van der Waals surface area contributed by atoms with Crippen molar-refractivity contribution in [2.45, 2.75) is 6.04 Å². The fourth-order valence-corrected chi connectivity index (χ4v) is 3.27. The molecule has 142 valence electrons. The molecule has 1 saturated heterocycles. The first-order valence-electron chi connectivity index (χ1n) is 8.91. The molecule has 0 spiro atoms. The molecule has 7 heteroatoms. The normalized spacial score (nSPS) is 15.3. The summed E-state index contributed by atoms with van der Waals surface area (Å²) < 4.78 is 0. The van der Waals surface area contributed by atoms with Gasteiger partial charge in [0.05, 0.1) is 6.54 Å². The molecule has 1 aliphatic rings. The number of benzene rings is 2. The summed E-state index contributed by atoms with van der Waals surface area (Å²) in [6.07, 6.45) is 0. The van der Waals surface area contributed by atoms with Gasteiger partial charge in [0.2, 0.25) is 11.8 Å². The minimum Gasteiger partial charge on any atom is -0.368 e. The van der Waals surface area contributed by atoms with Gasteiger partial charge >= 0.3 is 0 Å². The van der Waals surface area contributed by atoms with Gasteiger partial charge in [-0.2, -0.15) is 0 Å². The number of hydrogen-bond acceptors (Lipinski definition) is 4. The monoisotopic (exact) mass is 386 g/mol. The van der Waals surface area contributed by atoms with Crippen molar-refractivity contribution < 1.29 is 9.59 Å². The van der Waals surface area contributed by atoms with Crippen molar-refractivity contribution in [1.82, 2.24) is 10.2 Å². The van der Waals surface area contributed by atoms with E-state index in [9.17, 15) is 9.59 Å². The molecule has 3 N–H and O–H groups in total. The first kappa shape index (κ1) is 19.2. The van der Waals surface area contributed by atoms with Crippen LogP contribution in [-0.2, 0) is 9.59 Å². The maximum absolute atomic E-state index is 12.4. The highest BCUT2D eigenvalue weighted by molar-refractivity contribution is 6.30. The number of hydrogen-bond donors (Lipinski definition) is 2. The second-order valence-corrected chi connectivity index (χ2v) is 6.89. The fourth-order valence-electron chi connectivity index (χ4n) is 3.08. The van der Waals surface area contributed by atoms with Crippen molar-refractivity contribution in [1.29, 1.82) is 0 Å². The second-order valence-electron chi connectivity index (χ2n) is 6.45. The molecule has 0 radical (unpaired) electrons. The van der Waals surface area contributed by atoms with Gasteiger partial charge < -0.3 is 20.9 Å². The number of nitrogens with zero attached hydrogens (tertiary/aromatic N) is 2. The maximum Gasteiger partial charge on any atom is 0.242 e. The van der Waals surface area contributed by atoms with E-state index in [0.29, 0.717) is 18.1 Å².